The van der Waals surface area contributed by atoms with Crippen LogP contribution in [0.5, 0.6) is 0 Å². The summed E-state index contributed by atoms with van der Waals surface area (Å²) in [6, 6.07) is 9.50. The minimum atomic E-state index is -0.164. The fourth-order valence-corrected chi connectivity index (χ4v) is 3.08. The predicted molar refractivity (Wildman–Crippen MR) is 82.2 cm³/mol. The van der Waals surface area contributed by atoms with Gasteiger partial charge in [-0.3, -0.25) is 10.1 Å². The molecule has 2 heterocycles. The van der Waals surface area contributed by atoms with Crippen LogP contribution < -0.4 is 10.6 Å². The molecule has 3 rings (SSSR count). The lowest BCUT2D eigenvalue weighted by atomic mass is 10.2. The SMILES string of the molecule is C[C@@H](NC(=O)[C@@H]1CSCN1)c1cn(-c2ccccc2)nn1. The molecule has 2 N–H and O–H groups in total. The number of hydrogen-bond donors (Lipinski definition) is 2. The van der Waals surface area contributed by atoms with E-state index < -0.39 is 0 Å². The highest BCUT2D eigenvalue weighted by atomic mass is 32.2. The third-order valence-electron chi connectivity index (χ3n) is 3.37. The Kier molecular flexibility index (Phi) is 4.21. The Balaban J connectivity index is 1.66. The summed E-state index contributed by atoms with van der Waals surface area (Å²) in [6.07, 6.45) is 1.84. The highest BCUT2D eigenvalue weighted by Gasteiger charge is 2.24. The zero-order valence-electron chi connectivity index (χ0n) is 11.7. The summed E-state index contributed by atoms with van der Waals surface area (Å²) < 4.78 is 1.71. The Bertz CT molecular complexity index is 609. The van der Waals surface area contributed by atoms with Crippen molar-refractivity contribution in [3.8, 4) is 5.69 Å². The Morgan fingerprint density at radius 1 is 1.48 bits per heavy atom. The number of nitrogens with zero attached hydrogens (tertiary/aromatic N) is 3. The zero-order valence-corrected chi connectivity index (χ0v) is 12.5. The largest absolute Gasteiger partial charge is 0.346 e. The molecule has 0 aliphatic carbocycles. The van der Waals surface area contributed by atoms with Gasteiger partial charge in [0, 0.05) is 11.6 Å². The topological polar surface area (TPSA) is 71.8 Å². The van der Waals surface area contributed by atoms with Gasteiger partial charge in [-0.2, -0.15) is 0 Å². The van der Waals surface area contributed by atoms with Gasteiger partial charge in [0.15, 0.2) is 0 Å². The van der Waals surface area contributed by atoms with E-state index in [0.717, 1.165) is 23.0 Å². The molecule has 1 aliphatic rings. The predicted octanol–water partition coefficient (Wildman–Crippen LogP) is 1.11. The van der Waals surface area contributed by atoms with Crippen LogP contribution >= 0.6 is 11.8 Å². The molecule has 1 aromatic carbocycles. The van der Waals surface area contributed by atoms with Crippen molar-refractivity contribution in [3.63, 3.8) is 0 Å². The molecule has 6 nitrogen and oxygen atoms in total. The summed E-state index contributed by atoms with van der Waals surface area (Å²) in [5.74, 6) is 1.66. The third-order valence-corrected chi connectivity index (χ3v) is 4.31. The molecule has 1 saturated heterocycles. The normalized spacial score (nSPS) is 19.4. The van der Waals surface area contributed by atoms with Crippen LogP contribution in [0, 0.1) is 0 Å². The number of rotatable bonds is 4. The summed E-state index contributed by atoms with van der Waals surface area (Å²) in [5.41, 5.74) is 1.70. The van der Waals surface area contributed by atoms with Crippen LogP contribution in [0.3, 0.4) is 0 Å². The zero-order chi connectivity index (χ0) is 14.7. The first kappa shape index (κ1) is 14.1. The van der Waals surface area contributed by atoms with E-state index in [0.29, 0.717) is 0 Å². The first-order valence-corrected chi connectivity index (χ1v) is 7.98. The van der Waals surface area contributed by atoms with Crippen LogP contribution in [0.25, 0.3) is 5.69 Å². The fraction of sp³-hybridized carbons (Fsp3) is 0.357. The molecule has 1 amide bonds. The lowest BCUT2D eigenvalue weighted by molar-refractivity contribution is -0.123. The quantitative estimate of drug-likeness (QED) is 0.885. The van der Waals surface area contributed by atoms with Crippen molar-refractivity contribution in [2.24, 2.45) is 0 Å². The maximum absolute atomic E-state index is 12.1. The van der Waals surface area contributed by atoms with Gasteiger partial charge in [0.05, 0.1) is 24.0 Å². The Labute approximate surface area is 127 Å². The van der Waals surface area contributed by atoms with Crippen LogP contribution in [0.1, 0.15) is 18.7 Å². The van der Waals surface area contributed by atoms with E-state index >= 15 is 0 Å². The van der Waals surface area contributed by atoms with Gasteiger partial charge in [0.25, 0.3) is 0 Å². The maximum Gasteiger partial charge on any atom is 0.238 e. The molecular weight excluding hydrogens is 286 g/mol. The summed E-state index contributed by atoms with van der Waals surface area (Å²) in [6.45, 7) is 1.92. The van der Waals surface area contributed by atoms with Gasteiger partial charge in [-0.25, -0.2) is 4.68 Å². The van der Waals surface area contributed by atoms with Gasteiger partial charge in [-0.15, -0.1) is 16.9 Å². The van der Waals surface area contributed by atoms with Crippen LogP contribution in [-0.2, 0) is 4.79 Å². The maximum atomic E-state index is 12.1. The molecule has 1 aliphatic heterocycles. The van der Waals surface area contributed by atoms with Crippen LogP contribution in [0.2, 0.25) is 0 Å². The second-order valence-corrected chi connectivity index (χ2v) is 5.96. The van der Waals surface area contributed by atoms with Crippen LogP contribution in [-0.4, -0.2) is 38.6 Å². The molecule has 1 fully saturated rings. The van der Waals surface area contributed by atoms with Gasteiger partial charge >= 0.3 is 0 Å². The molecule has 21 heavy (non-hydrogen) atoms. The van der Waals surface area contributed by atoms with Gasteiger partial charge in [0.2, 0.25) is 5.91 Å². The van der Waals surface area contributed by atoms with Crippen molar-refractivity contribution in [1.29, 1.82) is 0 Å². The van der Waals surface area contributed by atoms with Crippen LogP contribution in [0.4, 0.5) is 0 Å². The van der Waals surface area contributed by atoms with Crippen LogP contribution in [0.15, 0.2) is 36.5 Å². The second kappa shape index (κ2) is 6.28. The molecule has 7 heteroatoms. The van der Waals surface area contributed by atoms with Crippen molar-refractivity contribution in [2.45, 2.75) is 19.0 Å². The minimum absolute atomic E-state index is 0.0155. The number of carbonyl (C=O) groups excluding carboxylic acids is 1. The second-order valence-electron chi connectivity index (χ2n) is 4.93. The molecule has 110 valence electrons. The summed E-state index contributed by atoms with van der Waals surface area (Å²) in [7, 11) is 0. The lowest BCUT2D eigenvalue weighted by Gasteiger charge is -2.14. The molecule has 0 spiro atoms. The highest BCUT2D eigenvalue weighted by molar-refractivity contribution is 7.99. The lowest BCUT2D eigenvalue weighted by Crippen LogP contribution is -2.43. The van der Waals surface area contributed by atoms with Crippen molar-refractivity contribution in [1.82, 2.24) is 25.6 Å². The Morgan fingerprint density at radius 3 is 3.00 bits per heavy atom. The fourth-order valence-electron chi connectivity index (χ4n) is 2.13. The Hall–Kier alpha value is -1.86. The Morgan fingerprint density at radius 2 is 2.29 bits per heavy atom. The number of benzene rings is 1. The van der Waals surface area contributed by atoms with Crippen molar-refractivity contribution in [2.75, 3.05) is 11.6 Å². The third kappa shape index (κ3) is 3.25. The number of nitrogens with one attached hydrogen (secondary N) is 2. The standard InChI is InChI=1S/C14H17N5OS/c1-10(16-14(20)13-8-21-9-15-13)12-7-19(18-17-12)11-5-3-2-4-6-11/h2-7,10,13,15H,8-9H2,1H3,(H,16,20)/t10-,13+/m1/s1. The van der Waals surface area contributed by atoms with E-state index in [9.17, 15) is 4.79 Å². The van der Waals surface area contributed by atoms with E-state index in [2.05, 4.69) is 20.9 Å². The number of para-hydroxylation sites is 1. The number of thioether (sulfide) groups is 1. The molecule has 1 aromatic heterocycles. The van der Waals surface area contributed by atoms with Crippen molar-refractivity contribution in [3.05, 3.63) is 42.2 Å². The highest BCUT2D eigenvalue weighted by Crippen LogP contribution is 2.14. The van der Waals surface area contributed by atoms with Gasteiger partial charge in [-0.05, 0) is 19.1 Å². The number of aromatic nitrogens is 3. The number of carbonyl (C=O) groups is 1. The molecular formula is C14H17N5OS. The first-order chi connectivity index (χ1) is 10.2. The van der Waals surface area contributed by atoms with E-state index in [-0.39, 0.29) is 18.0 Å². The van der Waals surface area contributed by atoms with Crippen molar-refractivity contribution < 1.29 is 4.79 Å². The average molecular weight is 303 g/mol. The average Bonchev–Trinajstić information content (AvgIpc) is 3.20. The van der Waals surface area contributed by atoms with E-state index in [4.69, 9.17) is 0 Å². The first-order valence-electron chi connectivity index (χ1n) is 6.83. The summed E-state index contributed by atoms with van der Waals surface area (Å²) >= 11 is 1.73. The minimum Gasteiger partial charge on any atom is -0.346 e. The smallest absolute Gasteiger partial charge is 0.238 e. The van der Waals surface area contributed by atoms with Gasteiger partial charge in [0.1, 0.15) is 5.69 Å². The van der Waals surface area contributed by atoms with Crippen molar-refractivity contribution >= 4 is 17.7 Å². The molecule has 0 unspecified atom stereocenters. The molecule has 2 atom stereocenters. The number of hydrogen-bond acceptors (Lipinski definition) is 5. The van der Waals surface area contributed by atoms with Gasteiger partial charge < -0.3 is 5.32 Å². The summed E-state index contributed by atoms with van der Waals surface area (Å²) in [4.78, 5) is 12.1. The number of amides is 1. The molecule has 0 radical (unpaired) electrons. The van der Waals surface area contributed by atoms with Gasteiger partial charge in [-0.1, -0.05) is 23.4 Å². The molecule has 2 aromatic rings. The van der Waals surface area contributed by atoms with E-state index in [1.165, 1.54) is 0 Å². The summed E-state index contributed by atoms with van der Waals surface area (Å²) in [5, 5.41) is 14.4. The van der Waals surface area contributed by atoms with E-state index in [1.54, 1.807) is 16.4 Å². The van der Waals surface area contributed by atoms with E-state index in [1.807, 2.05) is 43.5 Å². The monoisotopic (exact) mass is 303 g/mol. The molecule has 0 saturated carbocycles. The molecule has 0 bridgehead atoms.